The lowest BCUT2D eigenvalue weighted by Gasteiger charge is -2.06. The highest BCUT2D eigenvalue weighted by atomic mass is 19.2. The zero-order valence-electron chi connectivity index (χ0n) is 8.78. The largest absolute Gasteiger partial charge is 0.360 e. The van der Waals surface area contributed by atoms with E-state index in [-0.39, 0.29) is 12.4 Å². The summed E-state index contributed by atoms with van der Waals surface area (Å²) in [5.41, 5.74) is 0. The number of hydrogen-bond acceptors (Lipinski definition) is 4. The first-order chi connectivity index (χ1) is 8.08. The summed E-state index contributed by atoms with van der Waals surface area (Å²) in [6.45, 7) is 0.103. The standard InChI is InChI=1S/C9H8F3N5/c1-17-4-14-16-7(17)3-13-9-6(11)2-5(10)8(12)15-9/h2,4H,3H2,1H3,(H,13,15). The third-order valence-electron chi connectivity index (χ3n) is 2.11. The van der Waals surface area contributed by atoms with Crippen molar-refractivity contribution in [2.75, 3.05) is 5.32 Å². The van der Waals surface area contributed by atoms with E-state index in [4.69, 9.17) is 0 Å². The Morgan fingerprint density at radius 1 is 1.29 bits per heavy atom. The maximum atomic E-state index is 13.2. The van der Waals surface area contributed by atoms with E-state index in [9.17, 15) is 13.2 Å². The Morgan fingerprint density at radius 2 is 2.06 bits per heavy atom. The fourth-order valence-corrected chi connectivity index (χ4v) is 1.20. The minimum atomic E-state index is -1.35. The molecule has 0 saturated carbocycles. The fraction of sp³-hybridized carbons (Fsp3) is 0.222. The molecule has 8 heteroatoms. The lowest BCUT2D eigenvalue weighted by Crippen LogP contribution is -2.09. The van der Waals surface area contributed by atoms with Gasteiger partial charge < -0.3 is 9.88 Å². The number of nitrogens with one attached hydrogen (secondary N) is 1. The highest BCUT2D eigenvalue weighted by Crippen LogP contribution is 2.14. The zero-order valence-corrected chi connectivity index (χ0v) is 8.78. The smallest absolute Gasteiger partial charge is 0.251 e. The molecule has 0 amide bonds. The highest BCUT2D eigenvalue weighted by Gasteiger charge is 2.11. The third kappa shape index (κ3) is 2.35. The third-order valence-corrected chi connectivity index (χ3v) is 2.11. The minimum absolute atomic E-state index is 0.103. The van der Waals surface area contributed by atoms with Crippen LogP contribution in [0, 0.1) is 17.6 Å². The summed E-state index contributed by atoms with van der Waals surface area (Å²) in [5.74, 6) is -3.51. The van der Waals surface area contributed by atoms with Gasteiger partial charge in [0.1, 0.15) is 6.33 Å². The van der Waals surface area contributed by atoms with Crippen LogP contribution in [-0.4, -0.2) is 19.7 Å². The van der Waals surface area contributed by atoms with Crippen LogP contribution in [0.4, 0.5) is 19.0 Å². The van der Waals surface area contributed by atoms with Gasteiger partial charge in [0.2, 0.25) is 0 Å². The predicted molar refractivity (Wildman–Crippen MR) is 52.4 cm³/mol. The summed E-state index contributed by atoms with van der Waals surface area (Å²) in [4.78, 5) is 3.12. The van der Waals surface area contributed by atoms with Crippen molar-refractivity contribution >= 4 is 5.82 Å². The fourth-order valence-electron chi connectivity index (χ4n) is 1.20. The monoisotopic (exact) mass is 243 g/mol. The van der Waals surface area contributed by atoms with Crippen LogP contribution in [0.1, 0.15) is 5.82 Å². The Kier molecular flexibility index (Phi) is 2.94. The minimum Gasteiger partial charge on any atom is -0.360 e. The maximum absolute atomic E-state index is 13.2. The SMILES string of the molecule is Cn1cnnc1CNc1nc(F)c(F)cc1F. The van der Waals surface area contributed by atoms with Gasteiger partial charge in [-0.2, -0.15) is 9.37 Å². The number of nitrogens with zero attached hydrogens (tertiary/aromatic N) is 4. The van der Waals surface area contributed by atoms with Gasteiger partial charge >= 0.3 is 0 Å². The van der Waals surface area contributed by atoms with Crippen molar-refractivity contribution in [3.63, 3.8) is 0 Å². The van der Waals surface area contributed by atoms with Crippen LogP contribution in [0.15, 0.2) is 12.4 Å². The van der Waals surface area contributed by atoms with Gasteiger partial charge in [0.25, 0.3) is 5.95 Å². The number of anilines is 1. The van der Waals surface area contributed by atoms with Crippen LogP contribution < -0.4 is 5.32 Å². The number of pyridine rings is 1. The Labute approximate surface area is 94.3 Å². The van der Waals surface area contributed by atoms with E-state index < -0.39 is 17.6 Å². The normalized spacial score (nSPS) is 10.6. The summed E-state index contributed by atoms with van der Waals surface area (Å²) in [7, 11) is 1.70. The molecule has 0 aliphatic rings. The topological polar surface area (TPSA) is 55.6 Å². The molecule has 2 heterocycles. The van der Waals surface area contributed by atoms with Crippen molar-refractivity contribution in [1.82, 2.24) is 19.7 Å². The first kappa shape index (κ1) is 11.4. The summed E-state index contributed by atoms with van der Waals surface area (Å²) < 4.78 is 40.2. The summed E-state index contributed by atoms with van der Waals surface area (Å²) in [5, 5.41) is 9.85. The summed E-state index contributed by atoms with van der Waals surface area (Å²) in [6, 6.07) is 0.432. The van der Waals surface area contributed by atoms with Gasteiger partial charge in [0, 0.05) is 13.1 Å². The molecule has 2 aromatic heterocycles. The molecule has 0 radical (unpaired) electrons. The lowest BCUT2D eigenvalue weighted by atomic mass is 10.4. The van der Waals surface area contributed by atoms with E-state index in [1.165, 1.54) is 6.33 Å². The van der Waals surface area contributed by atoms with E-state index in [1.807, 2.05) is 0 Å². The van der Waals surface area contributed by atoms with Gasteiger partial charge in [-0.05, 0) is 0 Å². The number of aromatic nitrogens is 4. The second kappa shape index (κ2) is 4.40. The van der Waals surface area contributed by atoms with Crippen LogP contribution in [-0.2, 0) is 13.6 Å². The van der Waals surface area contributed by atoms with Crippen LogP contribution >= 0.6 is 0 Å². The molecule has 0 fully saturated rings. The maximum Gasteiger partial charge on any atom is 0.251 e. The Bertz CT molecular complexity index is 539. The molecule has 5 nitrogen and oxygen atoms in total. The Hall–Kier alpha value is -2.12. The zero-order chi connectivity index (χ0) is 12.4. The second-order valence-electron chi connectivity index (χ2n) is 3.30. The molecular weight excluding hydrogens is 235 g/mol. The number of rotatable bonds is 3. The molecule has 0 bridgehead atoms. The highest BCUT2D eigenvalue weighted by molar-refractivity contribution is 5.36. The second-order valence-corrected chi connectivity index (χ2v) is 3.30. The first-order valence-corrected chi connectivity index (χ1v) is 4.66. The molecule has 90 valence electrons. The number of halogens is 3. The van der Waals surface area contributed by atoms with Gasteiger partial charge in [-0.25, -0.2) is 8.78 Å². The predicted octanol–water partition coefficient (Wildman–Crippen LogP) is 1.24. The van der Waals surface area contributed by atoms with Gasteiger partial charge in [-0.15, -0.1) is 10.2 Å². The first-order valence-electron chi connectivity index (χ1n) is 4.66. The van der Waals surface area contributed by atoms with Gasteiger partial charge in [0.15, 0.2) is 23.3 Å². The van der Waals surface area contributed by atoms with Crippen LogP contribution in [0.5, 0.6) is 0 Å². The summed E-state index contributed by atoms with van der Waals surface area (Å²) in [6.07, 6.45) is 1.46. The van der Waals surface area contributed by atoms with Crippen molar-refractivity contribution in [3.05, 3.63) is 35.8 Å². The molecule has 17 heavy (non-hydrogen) atoms. The Balaban J connectivity index is 2.14. The van der Waals surface area contributed by atoms with Crippen molar-refractivity contribution in [2.24, 2.45) is 7.05 Å². The Morgan fingerprint density at radius 3 is 2.71 bits per heavy atom. The molecule has 2 aromatic rings. The quantitative estimate of drug-likeness (QED) is 0.824. The van der Waals surface area contributed by atoms with Gasteiger partial charge in [-0.3, -0.25) is 0 Å². The molecule has 0 aliphatic heterocycles. The van der Waals surface area contributed by atoms with E-state index in [2.05, 4.69) is 20.5 Å². The van der Waals surface area contributed by atoms with Crippen molar-refractivity contribution in [1.29, 1.82) is 0 Å². The van der Waals surface area contributed by atoms with Crippen molar-refractivity contribution < 1.29 is 13.2 Å². The molecule has 0 aromatic carbocycles. The van der Waals surface area contributed by atoms with Crippen LogP contribution in [0.3, 0.4) is 0 Å². The molecule has 0 spiro atoms. The summed E-state index contributed by atoms with van der Waals surface area (Å²) >= 11 is 0. The molecular formula is C9H8F3N5. The average Bonchev–Trinajstić information content (AvgIpc) is 2.68. The lowest BCUT2D eigenvalue weighted by molar-refractivity contribution is 0.466. The van der Waals surface area contributed by atoms with Gasteiger partial charge in [-0.1, -0.05) is 0 Å². The van der Waals surface area contributed by atoms with E-state index in [0.717, 1.165) is 0 Å². The molecule has 0 atom stereocenters. The van der Waals surface area contributed by atoms with Crippen molar-refractivity contribution in [2.45, 2.75) is 6.54 Å². The van der Waals surface area contributed by atoms with Crippen LogP contribution in [0.25, 0.3) is 0 Å². The van der Waals surface area contributed by atoms with E-state index in [0.29, 0.717) is 11.9 Å². The van der Waals surface area contributed by atoms with Gasteiger partial charge in [0.05, 0.1) is 6.54 Å². The molecule has 0 saturated heterocycles. The molecule has 1 N–H and O–H groups in total. The van der Waals surface area contributed by atoms with E-state index >= 15 is 0 Å². The van der Waals surface area contributed by atoms with E-state index in [1.54, 1.807) is 11.6 Å². The van der Waals surface area contributed by atoms with Crippen LogP contribution in [0.2, 0.25) is 0 Å². The molecule has 2 rings (SSSR count). The molecule has 0 aliphatic carbocycles. The number of aryl methyl sites for hydroxylation is 1. The average molecular weight is 243 g/mol. The number of hydrogen-bond donors (Lipinski definition) is 1. The van der Waals surface area contributed by atoms with Crippen molar-refractivity contribution in [3.8, 4) is 0 Å². The molecule has 0 unspecified atom stereocenters.